The predicted molar refractivity (Wildman–Crippen MR) is 74.7 cm³/mol. The van der Waals surface area contributed by atoms with Crippen molar-refractivity contribution in [2.45, 2.75) is 84.4 Å². The van der Waals surface area contributed by atoms with Crippen molar-refractivity contribution in [1.29, 1.82) is 0 Å². The van der Waals surface area contributed by atoms with E-state index in [4.69, 9.17) is 4.74 Å². The number of ether oxygens (including phenoxy) is 1. The van der Waals surface area contributed by atoms with Gasteiger partial charge in [0, 0.05) is 32.4 Å². The third-order valence-corrected chi connectivity index (χ3v) is 3.85. The third-order valence-electron chi connectivity index (χ3n) is 3.85. The Labute approximate surface area is 116 Å². The topological polar surface area (TPSA) is 46.6 Å². The number of carbonyl (C=O) groups is 2. The molecule has 0 radical (unpaired) electrons. The molecule has 0 saturated heterocycles. The van der Waals surface area contributed by atoms with Crippen molar-refractivity contribution in [2.24, 2.45) is 0 Å². The van der Waals surface area contributed by atoms with Crippen LogP contribution in [0.4, 0.5) is 0 Å². The number of rotatable bonds is 5. The van der Waals surface area contributed by atoms with Crippen LogP contribution in [0, 0.1) is 0 Å². The largest absolute Gasteiger partial charge is 0.463 e. The molecule has 0 bridgehead atoms. The van der Waals surface area contributed by atoms with Crippen molar-refractivity contribution >= 4 is 11.9 Å². The van der Waals surface area contributed by atoms with Crippen molar-refractivity contribution in [1.82, 2.24) is 4.90 Å². The van der Waals surface area contributed by atoms with Gasteiger partial charge < -0.3 is 9.64 Å². The molecule has 1 rings (SSSR count). The van der Waals surface area contributed by atoms with Crippen LogP contribution in [-0.4, -0.2) is 35.0 Å². The summed E-state index contributed by atoms with van der Waals surface area (Å²) in [7, 11) is 0. The first kappa shape index (κ1) is 16.0. The molecule has 19 heavy (non-hydrogen) atoms. The zero-order valence-corrected chi connectivity index (χ0v) is 12.6. The quantitative estimate of drug-likeness (QED) is 0.721. The fourth-order valence-corrected chi connectivity index (χ4v) is 3.21. The van der Waals surface area contributed by atoms with E-state index in [0.29, 0.717) is 12.5 Å². The zero-order valence-electron chi connectivity index (χ0n) is 12.6. The lowest BCUT2D eigenvalue weighted by Gasteiger charge is -2.38. The smallest absolute Gasteiger partial charge is 0.302 e. The summed E-state index contributed by atoms with van der Waals surface area (Å²) in [5, 5.41) is 0. The van der Waals surface area contributed by atoms with Gasteiger partial charge in [0.1, 0.15) is 6.10 Å². The number of carbonyl (C=O) groups excluding carboxylic acids is 2. The van der Waals surface area contributed by atoms with E-state index in [-0.39, 0.29) is 24.0 Å². The van der Waals surface area contributed by atoms with Gasteiger partial charge in [-0.3, -0.25) is 9.59 Å². The molecule has 0 spiro atoms. The van der Waals surface area contributed by atoms with Gasteiger partial charge in [0.2, 0.25) is 5.91 Å². The summed E-state index contributed by atoms with van der Waals surface area (Å²) in [5.41, 5.74) is 0. The Bertz CT molecular complexity index is 311. The third kappa shape index (κ3) is 5.21. The first-order valence-corrected chi connectivity index (χ1v) is 7.38. The molecule has 1 fully saturated rings. The Hall–Kier alpha value is -1.06. The molecule has 2 atom stereocenters. The van der Waals surface area contributed by atoms with E-state index in [1.165, 1.54) is 26.2 Å². The number of hydrogen-bond acceptors (Lipinski definition) is 3. The summed E-state index contributed by atoms with van der Waals surface area (Å²) in [4.78, 5) is 24.8. The van der Waals surface area contributed by atoms with Crippen molar-refractivity contribution in [3.8, 4) is 0 Å². The highest BCUT2D eigenvalue weighted by molar-refractivity contribution is 5.74. The van der Waals surface area contributed by atoms with Crippen LogP contribution in [-0.2, 0) is 14.3 Å². The molecule has 0 N–H and O–H groups in total. The molecule has 1 aliphatic rings. The van der Waals surface area contributed by atoms with E-state index in [1.807, 2.05) is 11.8 Å². The van der Waals surface area contributed by atoms with Crippen molar-refractivity contribution in [3.05, 3.63) is 0 Å². The maximum atomic E-state index is 11.9. The standard InChI is InChI=1S/C15H27NO3/c1-11(10-12(2)19-14(4)18)16(13(3)17)15-8-6-5-7-9-15/h11-12,15H,5-10H2,1-4H3. The van der Waals surface area contributed by atoms with E-state index in [2.05, 4.69) is 6.92 Å². The average Bonchev–Trinajstić information content (AvgIpc) is 2.28. The second-order valence-electron chi connectivity index (χ2n) is 5.72. The van der Waals surface area contributed by atoms with Gasteiger partial charge >= 0.3 is 5.97 Å². The van der Waals surface area contributed by atoms with Gasteiger partial charge in [0.25, 0.3) is 0 Å². The Balaban J connectivity index is 2.59. The fourth-order valence-electron chi connectivity index (χ4n) is 3.21. The van der Waals surface area contributed by atoms with Crippen LogP contribution in [0.3, 0.4) is 0 Å². The van der Waals surface area contributed by atoms with Gasteiger partial charge in [-0.25, -0.2) is 0 Å². The number of amides is 1. The van der Waals surface area contributed by atoms with Crippen molar-refractivity contribution in [3.63, 3.8) is 0 Å². The minimum Gasteiger partial charge on any atom is -0.463 e. The molecule has 0 aromatic heterocycles. The molecule has 2 unspecified atom stereocenters. The average molecular weight is 269 g/mol. The Morgan fingerprint density at radius 3 is 2.21 bits per heavy atom. The first-order chi connectivity index (χ1) is 8.91. The maximum Gasteiger partial charge on any atom is 0.302 e. The van der Waals surface area contributed by atoms with Gasteiger partial charge in [-0.2, -0.15) is 0 Å². The second-order valence-corrected chi connectivity index (χ2v) is 5.72. The van der Waals surface area contributed by atoms with Gasteiger partial charge in [-0.1, -0.05) is 19.3 Å². The minimum absolute atomic E-state index is 0.120. The Kier molecular flexibility index (Phi) is 6.32. The lowest BCUT2D eigenvalue weighted by atomic mass is 9.92. The number of hydrogen-bond donors (Lipinski definition) is 0. The van der Waals surface area contributed by atoms with Crippen LogP contribution in [0.1, 0.15) is 66.2 Å². The molecule has 1 amide bonds. The van der Waals surface area contributed by atoms with Crippen LogP contribution in [0.15, 0.2) is 0 Å². The van der Waals surface area contributed by atoms with Crippen LogP contribution in [0.2, 0.25) is 0 Å². The van der Waals surface area contributed by atoms with E-state index in [0.717, 1.165) is 12.8 Å². The van der Waals surface area contributed by atoms with Gasteiger partial charge in [0.15, 0.2) is 0 Å². The molecule has 1 aliphatic carbocycles. The van der Waals surface area contributed by atoms with Gasteiger partial charge in [0.05, 0.1) is 0 Å². The highest BCUT2D eigenvalue weighted by Crippen LogP contribution is 2.25. The number of nitrogens with zero attached hydrogens (tertiary/aromatic N) is 1. The van der Waals surface area contributed by atoms with Gasteiger partial charge in [-0.05, 0) is 26.7 Å². The zero-order chi connectivity index (χ0) is 14.4. The van der Waals surface area contributed by atoms with Crippen molar-refractivity contribution < 1.29 is 14.3 Å². The summed E-state index contributed by atoms with van der Waals surface area (Å²) in [5.74, 6) is -0.124. The Morgan fingerprint density at radius 2 is 1.74 bits per heavy atom. The SMILES string of the molecule is CC(=O)OC(C)CC(C)N(C(C)=O)C1CCCCC1. The lowest BCUT2D eigenvalue weighted by molar-refractivity contribution is -0.146. The summed E-state index contributed by atoms with van der Waals surface area (Å²) in [6.07, 6.45) is 6.47. The summed E-state index contributed by atoms with van der Waals surface area (Å²) < 4.78 is 5.16. The maximum absolute atomic E-state index is 11.9. The predicted octanol–water partition coefficient (Wildman–Crippen LogP) is 2.90. The molecular formula is C15H27NO3. The van der Waals surface area contributed by atoms with Crippen LogP contribution in [0.25, 0.3) is 0 Å². The number of esters is 1. The Morgan fingerprint density at radius 1 is 1.16 bits per heavy atom. The molecule has 0 heterocycles. The van der Waals surface area contributed by atoms with Gasteiger partial charge in [-0.15, -0.1) is 0 Å². The monoisotopic (exact) mass is 269 g/mol. The van der Waals surface area contributed by atoms with Crippen LogP contribution >= 0.6 is 0 Å². The molecule has 110 valence electrons. The van der Waals surface area contributed by atoms with E-state index < -0.39 is 0 Å². The molecule has 0 aliphatic heterocycles. The normalized spacial score (nSPS) is 19.6. The van der Waals surface area contributed by atoms with E-state index in [9.17, 15) is 9.59 Å². The molecule has 0 aromatic carbocycles. The first-order valence-electron chi connectivity index (χ1n) is 7.38. The molecule has 4 heteroatoms. The second kappa shape index (κ2) is 7.51. The summed E-state index contributed by atoms with van der Waals surface area (Å²) >= 11 is 0. The lowest BCUT2D eigenvalue weighted by Crippen LogP contribution is -2.47. The summed E-state index contributed by atoms with van der Waals surface area (Å²) in [6.45, 7) is 7.00. The van der Waals surface area contributed by atoms with Crippen LogP contribution in [0.5, 0.6) is 0 Å². The van der Waals surface area contributed by atoms with Crippen LogP contribution < -0.4 is 0 Å². The highest BCUT2D eigenvalue weighted by Gasteiger charge is 2.28. The molecular weight excluding hydrogens is 242 g/mol. The van der Waals surface area contributed by atoms with E-state index in [1.54, 1.807) is 6.92 Å². The molecule has 0 aromatic rings. The highest BCUT2D eigenvalue weighted by atomic mass is 16.5. The minimum atomic E-state index is -0.258. The fraction of sp³-hybridized carbons (Fsp3) is 0.867. The summed E-state index contributed by atoms with van der Waals surface area (Å²) in [6, 6.07) is 0.487. The van der Waals surface area contributed by atoms with Crippen molar-refractivity contribution in [2.75, 3.05) is 0 Å². The molecule has 4 nitrogen and oxygen atoms in total. The van der Waals surface area contributed by atoms with E-state index >= 15 is 0 Å². The molecule has 1 saturated carbocycles.